The van der Waals surface area contributed by atoms with Crippen LogP contribution < -0.4 is 0 Å². The second kappa shape index (κ2) is 4.10. The maximum atomic E-state index is 10.2. The zero-order chi connectivity index (χ0) is 7.56. The first-order valence-electron chi connectivity index (χ1n) is 2.42. The number of carbonyl (C=O) groups is 1. The van der Waals surface area contributed by atoms with Gasteiger partial charge in [0.05, 0.1) is 0 Å². The van der Waals surface area contributed by atoms with Crippen molar-refractivity contribution in [2.75, 3.05) is 0 Å². The summed E-state index contributed by atoms with van der Waals surface area (Å²) in [5.74, 6) is -1.11. The maximum Gasteiger partial charge on any atom is 0.354 e. The molecule has 1 N–H and O–H groups in total. The van der Waals surface area contributed by atoms with Crippen molar-refractivity contribution in [3.63, 3.8) is 0 Å². The Hall–Kier alpha value is -0.870. The fourth-order valence-electron chi connectivity index (χ4n) is 0.454. The highest BCUT2D eigenvalue weighted by Gasteiger charge is 2.03. The van der Waals surface area contributed by atoms with E-state index >= 15 is 0 Å². The van der Waals surface area contributed by atoms with Gasteiger partial charge in [0.15, 0.2) is 5.69 Å². The number of hydrogen-bond donors (Lipinski definition) is 1. The number of aromatic carboxylic acids is 1. The summed E-state index contributed by atoms with van der Waals surface area (Å²) in [5, 5.41) is 8.30. The van der Waals surface area contributed by atoms with Crippen LogP contribution in [0, 0.1) is 0 Å². The first-order chi connectivity index (χ1) is 4.70. The van der Waals surface area contributed by atoms with Crippen LogP contribution in [0.3, 0.4) is 0 Å². The second-order valence-corrected chi connectivity index (χ2v) is 1.85. The van der Waals surface area contributed by atoms with E-state index in [4.69, 9.17) is 16.7 Å². The maximum absolute atomic E-state index is 10.2. The Bertz CT molecular complexity index is 266. The molecule has 0 fully saturated rings. The molecule has 1 rings (SSSR count). The standard InChI is InChI=1S/C5H3ClN2O2.ClH/c6-5-7-2-1-3(8-5)4(9)10;/h1-2H,(H,9,10);1H. The zero-order valence-electron chi connectivity index (χ0n) is 5.19. The Kier molecular flexibility index (Phi) is 3.78. The minimum Gasteiger partial charge on any atom is -0.477 e. The van der Waals surface area contributed by atoms with Crippen molar-refractivity contribution < 1.29 is 9.90 Å². The highest BCUT2D eigenvalue weighted by atomic mass is 35.5. The van der Waals surface area contributed by atoms with Gasteiger partial charge >= 0.3 is 5.97 Å². The van der Waals surface area contributed by atoms with E-state index in [-0.39, 0.29) is 23.4 Å². The third-order valence-corrected chi connectivity index (χ3v) is 1.03. The van der Waals surface area contributed by atoms with Crippen molar-refractivity contribution in [3.8, 4) is 0 Å². The molecule has 1 aromatic rings. The molecule has 0 aliphatic heterocycles. The lowest BCUT2D eigenvalue weighted by Gasteiger charge is -1.90. The Morgan fingerprint density at radius 1 is 1.64 bits per heavy atom. The summed E-state index contributed by atoms with van der Waals surface area (Å²) in [7, 11) is 0. The van der Waals surface area contributed by atoms with Crippen molar-refractivity contribution in [3.05, 3.63) is 23.2 Å². The van der Waals surface area contributed by atoms with Crippen molar-refractivity contribution in [2.45, 2.75) is 0 Å². The van der Waals surface area contributed by atoms with Crippen LogP contribution in [0.5, 0.6) is 0 Å². The van der Waals surface area contributed by atoms with Gasteiger partial charge in [0.1, 0.15) is 0 Å². The number of carboxylic acids is 1. The van der Waals surface area contributed by atoms with Crippen LogP contribution >= 0.6 is 24.0 Å². The van der Waals surface area contributed by atoms with Crippen molar-refractivity contribution in [1.82, 2.24) is 9.97 Å². The molecule has 60 valence electrons. The van der Waals surface area contributed by atoms with E-state index in [0.29, 0.717) is 0 Å². The average Bonchev–Trinajstić information content (AvgIpc) is 1.88. The molecule has 0 saturated heterocycles. The summed E-state index contributed by atoms with van der Waals surface area (Å²) in [6.45, 7) is 0. The average molecular weight is 195 g/mol. The van der Waals surface area contributed by atoms with E-state index in [1.807, 2.05) is 0 Å². The van der Waals surface area contributed by atoms with Crippen molar-refractivity contribution in [1.29, 1.82) is 0 Å². The molecule has 0 aliphatic carbocycles. The summed E-state index contributed by atoms with van der Waals surface area (Å²) >= 11 is 5.30. The number of aromatic nitrogens is 2. The molecular weight excluding hydrogens is 191 g/mol. The Labute approximate surface area is 73.6 Å². The zero-order valence-corrected chi connectivity index (χ0v) is 6.76. The van der Waals surface area contributed by atoms with Gasteiger partial charge in [0.2, 0.25) is 5.28 Å². The minimum atomic E-state index is -1.11. The molecular formula is C5H4Cl2N2O2. The van der Waals surface area contributed by atoms with Crippen LogP contribution in [0.25, 0.3) is 0 Å². The molecule has 0 radical (unpaired) electrons. The molecule has 0 spiro atoms. The predicted octanol–water partition coefficient (Wildman–Crippen LogP) is 1.25. The lowest BCUT2D eigenvalue weighted by atomic mass is 10.4. The molecule has 0 unspecified atom stereocenters. The third-order valence-electron chi connectivity index (χ3n) is 0.845. The van der Waals surface area contributed by atoms with Crippen LogP contribution in [0.15, 0.2) is 12.3 Å². The number of nitrogens with zero attached hydrogens (tertiary/aromatic N) is 2. The normalized spacial score (nSPS) is 8.45. The second-order valence-electron chi connectivity index (χ2n) is 1.52. The predicted molar refractivity (Wildman–Crippen MR) is 41.2 cm³/mol. The quantitative estimate of drug-likeness (QED) is 0.684. The molecule has 1 aromatic heterocycles. The Morgan fingerprint density at radius 2 is 2.27 bits per heavy atom. The monoisotopic (exact) mass is 194 g/mol. The van der Waals surface area contributed by atoms with Gasteiger partial charge in [-0.3, -0.25) is 0 Å². The summed E-state index contributed by atoms with van der Waals surface area (Å²) in [6.07, 6.45) is 1.29. The molecule has 11 heavy (non-hydrogen) atoms. The lowest BCUT2D eigenvalue weighted by Crippen LogP contribution is -2.00. The summed E-state index contributed by atoms with van der Waals surface area (Å²) in [5.41, 5.74) is -0.0972. The summed E-state index contributed by atoms with van der Waals surface area (Å²) < 4.78 is 0. The van der Waals surface area contributed by atoms with Gasteiger partial charge in [-0.15, -0.1) is 12.4 Å². The summed E-state index contributed by atoms with van der Waals surface area (Å²) in [6, 6.07) is 1.27. The van der Waals surface area contributed by atoms with E-state index in [1.54, 1.807) is 0 Å². The number of rotatable bonds is 1. The minimum absolute atomic E-state index is 0. The SMILES string of the molecule is Cl.O=C(O)c1ccnc(Cl)n1. The van der Waals surface area contributed by atoms with Crippen molar-refractivity contribution in [2.24, 2.45) is 0 Å². The van der Waals surface area contributed by atoms with Crippen LogP contribution in [0.4, 0.5) is 0 Å². The third kappa shape index (κ3) is 2.69. The van der Waals surface area contributed by atoms with Gasteiger partial charge in [-0.2, -0.15) is 0 Å². The van der Waals surface area contributed by atoms with Gasteiger partial charge in [0, 0.05) is 6.20 Å². The first kappa shape index (κ1) is 10.1. The topological polar surface area (TPSA) is 63.1 Å². The molecule has 1 heterocycles. The van der Waals surface area contributed by atoms with E-state index in [1.165, 1.54) is 12.3 Å². The lowest BCUT2D eigenvalue weighted by molar-refractivity contribution is 0.0690. The van der Waals surface area contributed by atoms with E-state index in [9.17, 15) is 4.79 Å². The van der Waals surface area contributed by atoms with Gasteiger partial charge in [-0.1, -0.05) is 0 Å². The molecule has 0 aromatic carbocycles. The van der Waals surface area contributed by atoms with E-state index in [0.717, 1.165) is 0 Å². The molecule has 4 nitrogen and oxygen atoms in total. The van der Waals surface area contributed by atoms with Crippen molar-refractivity contribution >= 4 is 30.0 Å². The molecule has 6 heteroatoms. The van der Waals surface area contributed by atoms with Gasteiger partial charge < -0.3 is 5.11 Å². The van der Waals surface area contributed by atoms with Gasteiger partial charge in [-0.05, 0) is 17.7 Å². The number of halogens is 2. The fraction of sp³-hybridized carbons (Fsp3) is 0. The Balaban J connectivity index is 0.000001000. The smallest absolute Gasteiger partial charge is 0.354 e. The van der Waals surface area contributed by atoms with Crippen LogP contribution in [-0.2, 0) is 0 Å². The number of carboxylic acid groups (broad SMARTS) is 1. The Morgan fingerprint density at radius 3 is 2.64 bits per heavy atom. The van der Waals surface area contributed by atoms with Crippen LogP contribution in [-0.4, -0.2) is 21.0 Å². The molecule has 0 aliphatic rings. The molecule has 0 saturated carbocycles. The van der Waals surface area contributed by atoms with Gasteiger partial charge in [0.25, 0.3) is 0 Å². The number of hydrogen-bond acceptors (Lipinski definition) is 3. The van der Waals surface area contributed by atoms with Gasteiger partial charge in [-0.25, -0.2) is 14.8 Å². The first-order valence-corrected chi connectivity index (χ1v) is 2.80. The fourth-order valence-corrected chi connectivity index (χ4v) is 0.601. The molecule has 0 amide bonds. The van der Waals surface area contributed by atoms with E-state index in [2.05, 4.69) is 9.97 Å². The molecule has 0 bridgehead atoms. The van der Waals surface area contributed by atoms with E-state index < -0.39 is 5.97 Å². The van der Waals surface area contributed by atoms with Crippen LogP contribution in [0.2, 0.25) is 5.28 Å². The highest BCUT2D eigenvalue weighted by Crippen LogP contribution is 1.99. The largest absolute Gasteiger partial charge is 0.477 e. The molecule has 0 atom stereocenters. The summed E-state index contributed by atoms with van der Waals surface area (Å²) in [4.78, 5) is 17.1. The van der Waals surface area contributed by atoms with Crippen LogP contribution in [0.1, 0.15) is 10.5 Å². The highest BCUT2D eigenvalue weighted by molar-refractivity contribution is 6.28.